The first-order chi connectivity index (χ1) is 27.7. The van der Waals surface area contributed by atoms with Crippen molar-refractivity contribution in [3.8, 4) is 22.3 Å². The lowest BCUT2D eigenvalue weighted by Crippen LogP contribution is -2.02. The lowest BCUT2D eigenvalue weighted by Gasteiger charge is -2.13. The molecule has 0 radical (unpaired) electrons. The number of hydrogen-bond acceptors (Lipinski definition) is 3. The van der Waals surface area contributed by atoms with Crippen LogP contribution in [0.4, 0.5) is 0 Å². The summed E-state index contributed by atoms with van der Waals surface area (Å²) in [7, 11) is 0. The van der Waals surface area contributed by atoms with E-state index in [0.717, 1.165) is 88.7 Å². The SMILES string of the molecule is C1=C/C(c2ccc3ccccc3c2)=C\C(c2cccc3oc4cc(-c5cccc6oc7ccccc7c56)ccc4c23)=N/C(c2ccc(-c3ccccc3)cc2)=C/1. The largest absolute Gasteiger partial charge is 0.456 e. The predicted octanol–water partition coefficient (Wildman–Crippen LogP) is 14.5. The molecule has 1 aliphatic rings. The third kappa shape index (κ3) is 5.49. The maximum Gasteiger partial charge on any atom is 0.136 e. The van der Waals surface area contributed by atoms with Gasteiger partial charge in [-0.15, -0.1) is 0 Å². The molecule has 1 aliphatic heterocycles. The Morgan fingerprint density at radius 3 is 1.88 bits per heavy atom. The molecule has 8 aromatic carbocycles. The Bertz CT molecular complexity index is 3280. The normalized spacial score (nSPS) is 16.6. The van der Waals surface area contributed by atoms with Crippen molar-refractivity contribution in [3.05, 3.63) is 217 Å². The number of rotatable bonds is 5. The van der Waals surface area contributed by atoms with E-state index >= 15 is 0 Å². The Morgan fingerprint density at radius 2 is 1.02 bits per heavy atom. The van der Waals surface area contributed by atoms with Crippen LogP contribution in [0.2, 0.25) is 0 Å². The van der Waals surface area contributed by atoms with Gasteiger partial charge in [0.05, 0.1) is 11.4 Å². The monoisotopic (exact) mass is 715 g/mol. The maximum absolute atomic E-state index is 6.68. The standard InChI is InChI=1S/C53H33NO2/c1-2-11-34(12-3-1)36-23-26-37(27-24-36)46-19-8-15-39(40-28-25-35-13-4-5-14-38(35)31-40)32-47(54-46)43-18-10-22-50-53(43)45-30-29-41(33-51(45)56-50)42-17-9-21-49-52(42)44-16-6-7-20-48(44)55-49/h1-33H/b15-8+,19-8?,39-15?,39-32+,46-19+,47-32?,54-46?,54-47+. The summed E-state index contributed by atoms with van der Waals surface area (Å²) in [6.45, 7) is 0. The molecule has 2 aromatic heterocycles. The summed E-state index contributed by atoms with van der Waals surface area (Å²) in [5.41, 5.74) is 14.0. The van der Waals surface area contributed by atoms with Gasteiger partial charge in [0.25, 0.3) is 0 Å². The molecule has 0 amide bonds. The summed E-state index contributed by atoms with van der Waals surface area (Å²) in [6, 6.07) is 61.6. The second-order valence-electron chi connectivity index (χ2n) is 14.3. The van der Waals surface area contributed by atoms with Crippen LogP contribution in [0.5, 0.6) is 0 Å². The number of allylic oxidation sites excluding steroid dienone is 5. The fourth-order valence-corrected chi connectivity index (χ4v) is 8.17. The third-order valence-electron chi connectivity index (χ3n) is 10.9. The smallest absolute Gasteiger partial charge is 0.136 e. The molecule has 0 atom stereocenters. The fraction of sp³-hybridized carbons (Fsp3) is 0. The van der Waals surface area contributed by atoms with E-state index in [1.54, 1.807) is 0 Å². The van der Waals surface area contributed by atoms with Crippen LogP contribution < -0.4 is 0 Å². The molecule has 0 bridgehead atoms. The fourth-order valence-electron chi connectivity index (χ4n) is 8.17. The highest BCUT2D eigenvalue weighted by Crippen LogP contribution is 2.40. The zero-order valence-electron chi connectivity index (χ0n) is 30.3. The molecule has 11 rings (SSSR count). The van der Waals surface area contributed by atoms with Crippen LogP contribution in [0.3, 0.4) is 0 Å². The number of benzene rings is 8. The number of fused-ring (bicyclic) bond motifs is 7. The van der Waals surface area contributed by atoms with Gasteiger partial charge in [-0.2, -0.15) is 0 Å². The molecule has 0 unspecified atom stereocenters. The highest BCUT2D eigenvalue weighted by Gasteiger charge is 2.19. The summed E-state index contributed by atoms with van der Waals surface area (Å²) in [5, 5.41) is 6.72. The van der Waals surface area contributed by atoms with Crippen molar-refractivity contribution in [2.75, 3.05) is 0 Å². The minimum atomic E-state index is 0.820. The molecule has 0 N–H and O–H groups in total. The van der Waals surface area contributed by atoms with Crippen LogP contribution in [0.1, 0.15) is 16.7 Å². The molecule has 56 heavy (non-hydrogen) atoms. The Labute approximate surface area is 323 Å². The van der Waals surface area contributed by atoms with Crippen LogP contribution in [0.15, 0.2) is 214 Å². The minimum absolute atomic E-state index is 0.820. The summed E-state index contributed by atoms with van der Waals surface area (Å²) < 4.78 is 12.9. The van der Waals surface area contributed by atoms with Gasteiger partial charge < -0.3 is 8.83 Å². The van der Waals surface area contributed by atoms with Gasteiger partial charge in [0.1, 0.15) is 22.3 Å². The molecule has 0 spiro atoms. The molecule has 3 heteroatoms. The molecule has 3 heterocycles. The van der Waals surface area contributed by atoms with Gasteiger partial charge in [0.2, 0.25) is 0 Å². The van der Waals surface area contributed by atoms with E-state index < -0.39 is 0 Å². The van der Waals surface area contributed by atoms with E-state index in [1.807, 2.05) is 24.3 Å². The van der Waals surface area contributed by atoms with Crippen molar-refractivity contribution < 1.29 is 8.83 Å². The molecular formula is C53H33NO2. The Hall–Kier alpha value is -7.49. The number of hydrogen-bond donors (Lipinski definition) is 0. The van der Waals surface area contributed by atoms with Gasteiger partial charge in [0.15, 0.2) is 0 Å². The molecule has 0 aliphatic carbocycles. The second-order valence-corrected chi connectivity index (χ2v) is 14.3. The minimum Gasteiger partial charge on any atom is -0.456 e. The van der Waals surface area contributed by atoms with Crippen LogP contribution in [0.25, 0.3) is 88.2 Å². The predicted molar refractivity (Wildman–Crippen MR) is 234 cm³/mol. The van der Waals surface area contributed by atoms with E-state index in [1.165, 1.54) is 21.9 Å². The van der Waals surface area contributed by atoms with E-state index in [9.17, 15) is 0 Å². The molecule has 0 saturated heterocycles. The molecular weight excluding hydrogens is 683 g/mol. The van der Waals surface area contributed by atoms with Gasteiger partial charge in [0, 0.05) is 32.7 Å². The lowest BCUT2D eigenvalue weighted by molar-refractivity contribution is 0.668. The van der Waals surface area contributed by atoms with Crippen molar-refractivity contribution in [2.24, 2.45) is 4.99 Å². The van der Waals surface area contributed by atoms with Gasteiger partial charge in [-0.05, 0) is 92.7 Å². The summed E-state index contributed by atoms with van der Waals surface area (Å²) in [5.74, 6) is 0. The van der Waals surface area contributed by atoms with Crippen molar-refractivity contribution in [1.29, 1.82) is 0 Å². The first-order valence-electron chi connectivity index (χ1n) is 18.9. The number of furan rings is 2. The van der Waals surface area contributed by atoms with Gasteiger partial charge in [-0.25, -0.2) is 4.99 Å². The summed E-state index contributed by atoms with van der Waals surface area (Å²) in [4.78, 5) is 5.47. The quantitative estimate of drug-likeness (QED) is 0.178. The molecule has 262 valence electrons. The van der Waals surface area contributed by atoms with Gasteiger partial charge >= 0.3 is 0 Å². The number of para-hydroxylation sites is 1. The molecule has 10 aromatic rings. The number of nitrogens with zero attached hydrogens (tertiary/aromatic N) is 1. The Kier molecular flexibility index (Phi) is 7.49. The van der Waals surface area contributed by atoms with Crippen LogP contribution >= 0.6 is 0 Å². The Balaban J connectivity index is 1.07. The van der Waals surface area contributed by atoms with Crippen molar-refractivity contribution in [3.63, 3.8) is 0 Å². The summed E-state index contributed by atoms with van der Waals surface area (Å²) >= 11 is 0. The maximum atomic E-state index is 6.68. The topological polar surface area (TPSA) is 38.6 Å². The van der Waals surface area contributed by atoms with Crippen molar-refractivity contribution in [2.45, 2.75) is 0 Å². The van der Waals surface area contributed by atoms with E-state index in [4.69, 9.17) is 13.8 Å². The Morgan fingerprint density at radius 1 is 0.393 bits per heavy atom. The average molecular weight is 716 g/mol. The van der Waals surface area contributed by atoms with E-state index in [0.29, 0.717) is 0 Å². The van der Waals surface area contributed by atoms with Crippen molar-refractivity contribution >= 4 is 71.6 Å². The van der Waals surface area contributed by atoms with E-state index in [2.05, 4.69) is 176 Å². The highest BCUT2D eigenvalue weighted by molar-refractivity contribution is 6.25. The number of aliphatic imine (C=N–C) groups is 1. The first-order valence-corrected chi connectivity index (χ1v) is 18.9. The molecule has 0 saturated carbocycles. The van der Waals surface area contributed by atoms with Crippen LogP contribution in [-0.4, -0.2) is 5.71 Å². The zero-order valence-corrected chi connectivity index (χ0v) is 30.3. The van der Waals surface area contributed by atoms with E-state index in [-0.39, 0.29) is 0 Å². The second kappa shape index (κ2) is 13.1. The lowest BCUT2D eigenvalue weighted by atomic mass is 9.94. The van der Waals surface area contributed by atoms with Gasteiger partial charge in [-0.1, -0.05) is 152 Å². The third-order valence-corrected chi connectivity index (χ3v) is 10.9. The zero-order chi connectivity index (χ0) is 37.0. The van der Waals surface area contributed by atoms with Crippen LogP contribution in [-0.2, 0) is 0 Å². The average Bonchev–Trinajstić information content (AvgIpc) is 3.82. The highest BCUT2D eigenvalue weighted by atomic mass is 16.3. The first kappa shape index (κ1) is 32.0. The molecule has 3 nitrogen and oxygen atoms in total. The molecule has 0 fully saturated rings. The summed E-state index contributed by atoms with van der Waals surface area (Å²) in [6.07, 6.45) is 8.64. The van der Waals surface area contributed by atoms with Gasteiger partial charge in [-0.3, -0.25) is 0 Å². The van der Waals surface area contributed by atoms with Crippen LogP contribution in [0, 0.1) is 0 Å². The van der Waals surface area contributed by atoms with Crippen molar-refractivity contribution in [1.82, 2.24) is 0 Å².